The van der Waals surface area contributed by atoms with Gasteiger partial charge in [0.2, 0.25) is 6.29 Å². The Bertz CT molecular complexity index is 693. The van der Waals surface area contributed by atoms with E-state index in [1.807, 2.05) is 0 Å². The Morgan fingerprint density at radius 3 is 2.61 bits per heavy atom. The second-order valence-electron chi connectivity index (χ2n) is 5.30. The van der Waals surface area contributed by atoms with Crippen molar-refractivity contribution in [3.8, 4) is 11.5 Å². The van der Waals surface area contributed by atoms with Gasteiger partial charge >= 0.3 is 0 Å². The summed E-state index contributed by atoms with van der Waals surface area (Å²) in [6.45, 7) is -0.539. The molecule has 5 atom stereocenters. The molecule has 124 valence electrons. The van der Waals surface area contributed by atoms with Gasteiger partial charge in [0.15, 0.2) is 0 Å². The van der Waals surface area contributed by atoms with Crippen LogP contribution in [0.4, 0.5) is 0 Å². The molecule has 1 saturated heterocycles. The number of aromatic hydroxyl groups is 1. The zero-order valence-electron chi connectivity index (χ0n) is 12.0. The molecule has 0 unspecified atom stereocenters. The molecule has 1 fully saturated rings. The molecule has 0 amide bonds. The monoisotopic (exact) mass is 323 g/mol. The zero-order chi connectivity index (χ0) is 16.6. The van der Waals surface area contributed by atoms with E-state index in [1.165, 1.54) is 18.3 Å². The Kier molecular flexibility index (Phi) is 4.33. The van der Waals surface area contributed by atoms with Gasteiger partial charge in [-0.1, -0.05) is 6.07 Å². The van der Waals surface area contributed by atoms with Gasteiger partial charge in [0.25, 0.3) is 0 Å². The molecule has 0 aliphatic carbocycles. The lowest BCUT2D eigenvalue weighted by molar-refractivity contribution is -0.277. The summed E-state index contributed by atoms with van der Waals surface area (Å²) in [5, 5.41) is 49.0. The van der Waals surface area contributed by atoms with Gasteiger partial charge in [0, 0.05) is 11.6 Å². The molecule has 1 aromatic carbocycles. The maximum atomic E-state index is 10.0. The molecule has 2 aromatic rings. The summed E-state index contributed by atoms with van der Waals surface area (Å²) >= 11 is 0. The number of aliphatic hydroxyl groups is 4. The molecule has 1 aromatic heterocycles. The summed E-state index contributed by atoms with van der Waals surface area (Å²) in [5.74, 6) is 0.247. The summed E-state index contributed by atoms with van der Waals surface area (Å²) in [6, 6.07) is 6.27. The van der Waals surface area contributed by atoms with E-state index in [2.05, 4.69) is 4.98 Å². The number of hydrogen-bond acceptors (Lipinski definition) is 8. The molecule has 0 bridgehead atoms. The van der Waals surface area contributed by atoms with Gasteiger partial charge in [-0.15, -0.1) is 0 Å². The lowest BCUT2D eigenvalue weighted by Crippen LogP contribution is -2.60. The standard InChI is InChI=1S/C15H17NO7/c17-6-10-12(19)13(20)14(21)15(23-10)22-9-4-5-16-11-7(9)2-1-3-8(11)18/h1-5,10,12-15,17-21H,6H2/t10-,12-,13+,14-,15-/m1/s1. The molecule has 1 aliphatic heterocycles. The van der Waals surface area contributed by atoms with E-state index < -0.39 is 37.3 Å². The van der Waals surface area contributed by atoms with Gasteiger partial charge in [-0.05, 0) is 18.2 Å². The molecule has 0 radical (unpaired) electrons. The quantitative estimate of drug-likeness (QED) is 0.492. The molecule has 0 saturated carbocycles. The maximum absolute atomic E-state index is 10.0. The number of nitrogens with zero attached hydrogens (tertiary/aromatic N) is 1. The highest BCUT2D eigenvalue weighted by Crippen LogP contribution is 2.32. The summed E-state index contributed by atoms with van der Waals surface area (Å²) in [4.78, 5) is 4.05. The SMILES string of the molecule is OC[C@H]1O[C@@H](Oc2ccnc3c(O)cccc23)[C@H](O)[C@@H](O)[C@@H]1O. The Labute approximate surface area is 131 Å². The number of phenolic OH excluding ortho intramolecular Hbond substituents is 1. The number of phenols is 1. The van der Waals surface area contributed by atoms with Crippen molar-refractivity contribution in [3.63, 3.8) is 0 Å². The molecule has 23 heavy (non-hydrogen) atoms. The number of rotatable bonds is 3. The zero-order valence-corrected chi connectivity index (χ0v) is 12.0. The number of fused-ring (bicyclic) bond motifs is 1. The van der Waals surface area contributed by atoms with E-state index >= 15 is 0 Å². The third kappa shape index (κ3) is 2.82. The van der Waals surface area contributed by atoms with Crippen molar-refractivity contribution in [2.75, 3.05) is 6.61 Å². The first kappa shape index (κ1) is 15.9. The van der Waals surface area contributed by atoms with Gasteiger partial charge in [-0.3, -0.25) is 4.98 Å². The van der Waals surface area contributed by atoms with Crippen LogP contribution in [0.15, 0.2) is 30.5 Å². The third-order valence-electron chi connectivity index (χ3n) is 3.80. The number of ether oxygens (including phenoxy) is 2. The summed E-state index contributed by atoms with van der Waals surface area (Å²) in [5.41, 5.74) is 0.314. The highest BCUT2D eigenvalue weighted by molar-refractivity contribution is 5.89. The van der Waals surface area contributed by atoms with Crippen LogP contribution in [0.25, 0.3) is 10.9 Å². The fourth-order valence-corrected chi connectivity index (χ4v) is 2.53. The van der Waals surface area contributed by atoms with Crippen LogP contribution in [0.5, 0.6) is 11.5 Å². The fourth-order valence-electron chi connectivity index (χ4n) is 2.53. The van der Waals surface area contributed by atoms with Gasteiger partial charge < -0.3 is 35.0 Å². The van der Waals surface area contributed by atoms with Crippen LogP contribution in [0.3, 0.4) is 0 Å². The van der Waals surface area contributed by atoms with Crippen LogP contribution in [0, 0.1) is 0 Å². The van der Waals surface area contributed by atoms with Crippen LogP contribution in [-0.2, 0) is 4.74 Å². The third-order valence-corrected chi connectivity index (χ3v) is 3.80. The Morgan fingerprint density at radius 2 is 1.87 bits per heavy atom. The van der Waals surface area contributed by atoms with Crippen molar-refractivity contribution in [3.05, 3.63) is 30.5 Å². The average Bonchev–Trinajstić information content (AvgIpc) is 2.56. The molecule has 3 rings (SSSR count). The minimum absolute atomic E-state index is 0.0262. The predicted molar refractivity (Wildman–Crippen MR) is 77.8 cm³/mol. The highest BCUT2D eigenvalue weighted by Gasteiger charge is 2.44. The second-order valence-corrected chi connectivity index (χ2v) is 5.30. The number of benzene rings is 1. The number of pyridine rings is 1. The van der Waals surface area contributed by atoms with Crippen molar-refractivity contribution < 1.29 is 35.0 Å². The first-order valence-corrected chi connectivity index (χ1v) is 7.07. The maximum Gasteiger partial charge on any atom is 0.229 e. The Balaban J connectivity index is 1.91. The first-order chi connectivity index (χ1) is 11.0. The lowest BCUT2D eigenvalue weighted by atomic mass is 9.99. The van der Waals surface area contributed by atoms with Crippen LogP contribution >= 0.6 is 0 Å². The molecular formula is C15H17NO7. The average molecular weight is 323 g/mol. The van der Waals surface area contributed by atoms with E-state index in [1.54, 1.807) is 12.1 Å². The molecular weight excluding hydrogens is 306 g/mol. The van der Waals surface area contributed by atoms with Crippen LogP contribution in [-0.4, -0.2) is 67.8 Å². The topological polar surface area (TPSA) is 132 Å². The summed E-state index contributed by atoms with van der Waals surface area (Å²) in [6.07, 6.45) is -5.41. The number of aromatic nitrogens is 1. The van der Waals surface area contributed by atoms with E-state index in [4.69, 9.17) is 9.47 Å². The van der Waals surface area contributed by atoms with Crippen LogP contribution in [0.2, 0.25) is 0 Å². The summed E-state index contributed by atoms with van der Waals surface area (Å²) < 4.78 is 10.9. The fraction of sp³-hybridized carbons (Fsp3) is 0.400. The Morgan fingerprint density at radius 1 is 1.09 bits per heavy atom. The van der Waals surface area contributed by atoms with Crippen LogP contribution < -0.4 is 4.74 Å². The highest BCUT2D eigenvalue weighted by atomic mass is 16.7. The van der Waals surface area contributed by atoms with Crippen molar-refractivity contribution in [2.24, 2.45) is 0 Å². The van der Waals surface area contributed by atoms with Crippen molar-refractivity contribution in [1.29, 1.82) is 0 Å². The minimum Gasteiger partial charge on any atom is -0.506 e. The van der Waals surface area contributed by atoms with E-state index in [0.29, 0.717) is 10.9 Å². The first-order valence-electron chi connectivity index (χ1n) is 7.07. The number of hydrogen-bond donors (Lipinski definition) is 5. The van der Waals surface area contributed by atoms with Gasteiger partial charge in [-0.2, -0.15) is 0 Å². The molecule has 5 N–H and O–H groups in total. The lowest BCUT2D eigenvalue weighted by Gasteiger charge is -2.39. The van der Waals surface area contributed by atoms with Gasteiger partial charge in [-0.25, -0.2) is 0 Å². The Hall–Kier alpha value is -1.97. The number of aliphatic hydroxyl groups excluding tert-OH is 4. The van der Waals surface area contributed by atoms with E-state index in [0.717, 1.165) is 0 Å². The second kappa shape index (κ2) is 6.26. The largest absolute Gasteiger partial charge is 0.506 e. The molecule has 2 heterocycles. The predicted octanol–water partition coefficient (Wildman–Crippen LogP) is -0.881. The van der Waals surface area contributed by atoms with E-state index in [9.17, 15) is 25.5 Å². The molecule has 1 aliphatic rings. The molecule has 0 spiro atoms. The van der Waals surface area contributed by atoms with Crippen LogP contribution in [0.1, 0.15) is 0 Å². The molecule has 8 heteroatoms. The number of para-hydroxylation sites is 1. The smallest absolute Gasteiger partial charge is 0.229 e. The summed E-state index contributed by atoms with van der Waals surface area (Å²) in [7, 11) is 0. The van der Waals surface area contributed by atoms with E-state index in [-0.39, 0.29) is 11.5 Å². The molecule has 8 nitrogen and oxygen atoms in total. The van der Waals surface area contributed by atoms with Gasteiger partial charge in [0.1, 0.15) is 41.4 Å². The normalized spacial score (nSPS) is 31.2. The van der Waals surface area contributed by atoms with Crippen molar-refractivity contribution in [2.45, 2.75) is 30.7 Å². The minimum atomic E-state index is -1.52. The van der Waals surface area contributed by atoms with Gasteiger partial charge in [0.05, 0.1) is 6.61 Å². The van der Waals surface area contributed by atoms with Crippen molar-refractivity contribution in [1.82, 2.24) is 4.98 Å². The van der Waals surface area contributed by atoms with Crippen molar-refractivity contribution >= 4 is 10.9 Å².